The van der Waals surface area contributed by atoms with E-state index in [4.69, 9.17) is 0 Å². The topological polar surface area (TPSA) is 67.2 Å². The molecule has 1 aliphatic heterocycles. The predicted octanol–water partition coefficient (Wildman–Crippen LogP) is 2.26. The van der Waals surface area contributed by atoms with Gasteiger partial charge in [0.1, 0.15) is 5.82 Å². The Hall–Kier alpha value is -1.85. The molecule has 1 aromatic rings. The Morgan fingerprint density at radius 2 is 2.09 bits per heavy atom. The van der Waals surface area contributed by atoms with Crippen molar-refractivity contribution in [3.63, 3.8) is 0 Å². The molecule has 0 radical (unpaired) electrons. The van der Waals surface area contributed by atoms with Crippen LogP contribution in [0.15, 0.2) is 6.20 Å². The zero-order valence-corrected chi connectivity index (χ0v) is 13.2. The summed E-state index contributed by atoms with van der Waals surface area (Å²) in [6.07, 6.45) is 8.97. The second-order valence-electron chi connectivity index (χ2n) is 6.38. The molecule has 2 amide bonds. The largest absolute Gasteiger partial charge is 0.333 e. The highest BCUT2D eigenvalue weighted by atomic mass is 16.2. The first kappa shape index (κ1) is 15.1. The summed E-state index contributed by atoms with van der Waals surface area (Å²) in [6, 6.07) is 0.389. The molecule has 0 spiro atoms. The van der Waals surface area contributed by atoms with Crippen LogP contribution in [0.2, 0.25) is 0 Å². The number of amides is 2. The molecule has 2 heterocycles. The van der Waals surface area contributed by atoms with Crippen molar-refractivity contribution >= 4 is 17.6 Å². The highest BCUT2D eigenvalue weighted by Gasteiger charge is 2.24. The lowest BCUT2D eigenvalue weighted by molar-refractivity contribution is -0.136. The van der Waals surface area contributed by atoms with E-state index in [0.29, 0.717) is 19.0 Å². The number of hydrogen-bond acceptors (Lipinski definition) is 3. The van der Waals surface area contributed by atoms with E-state index in [1.807, 2.05) is 11.6 Å². The van der Waals surface area contributed by atoms with Crippen molar-refractivity contribution in [2.75, 3.05) is 18.4 Å². The Labute approximate surface area is 130 Å². The fourth-order valence-corrected chi connectivity index (χ4v) is 3.40. The van der Waals surface area contributed by atoms with Crippen molar-refractivity contribution in [1.29, 1.82) is 0 Å². The molecular weight excluding hydrogens is 280 g/mol. The number of rotatable bonds is 4. The number of aryl methyl sites for hydroxylation is 1. The van der Waals surface area contributed by atoms with Crippen molar-refractivity contribution in [2.24, 2.45) is 0 Å². The highest BCUT2D eigenvalue weighted by molar-refractivity contribution is 5.94. The third-order valence-corrected chi connectivity index (χ3v) is 4.66. The molecule has 2 fully saturated rings. The molecular formula is C16H24N4O2. The number of carbonyl (C=O) groups excluding carboxylic acids is 2. The molecule has 0 unspecified atom stereocenters. The molecule has 6 heteroatoms. The maximum Gasteiger partial charge on any atom is 0.245 e. The van der Waals surface area contributed by atoms with Crippen LogP contribution in [0.5, 0.6) is 0 Å². The number of hydrogen-bond donors (Lipinski definition) is 1. The quantitative estimate of drug-likeness (QED) is 0.927. The molecule has 0 atom stereocenters. The predicted molar refractivity (Wildman–Crippen MR) is 83.5 cm³/mol. The Morgan fingerprint density at radius 3 is 2.82 bits per heavy atom. The van der Waals surface area contributed by atoms with Crippen LogP contribution in [0, 0.1) is 6.92 Å². The molecule has 1 saturated heterocycles. The van der Waals surface area contributed by atoms with Gasteiger partial charge in [0.05, 0.1) is 18.8 Å². The number of anilines is 1. The normalized spacial score (nSPS) is 19.7. The van der Waals surface area contributed by atoms with E-state index in [9.17, 15) is 9.59 Å². The van der Waals surface area contributed by atoms with Gasteiger partial charge < -0.3 is 10.2 Å². The Morgan fingerprint density at radius 1 is 1.32 bits per heavy atom. The Kier molecular flexibility index (Phi) is 4.45. The number of nitrogens with one attached hydrogen (secondary N) is 1. The zero-order valence-electron chi connectivity index (χ0n) is 13.2. The van der Waals surface area contributed by atoms with Crippen LogP contribution in [-0.2, 0) is 9.59 Å². The van der Waals surface area contributed by atoms with Crippen molar-refractivity contribution < 1.29 is 9.59 Å². The van der Waals surface area contributed by atoms with Crippen LogP contribution in [0.25, 0.3) is 0 Å². The van der Waals surface area contributed by atoms with E-state index in [-0.39, 0.29) is 18.4 Å². The van der Waals surface area contributed by atoms with Gasteiger partial charge in [-0.1, -0.05) is 12.8 Å². The van der Waals surface area contributed by atoms with Crippen LogP contribution < -0.4 is 5.32 Å². The molecule has 1 saturated carbocycles. The maximum absolute atomic E-state index is 12.3. The SMILES string of the molecule is Cc1cnn(C2CCCC2)c1NC(=O)CN1CCCCC1=O. The summed E-state index contributed by atoms with van der Waals surface area (Å²) in [5, 5.41) is 7.41. The summed E-state index contributed by atoms with van der Waals surface area (Å²) >= 11 is 0. The van der Waals surface area contributed by atoms with Crippen LogP contribution >= 0.6 is 0 Å². The first-order chi connectivity index (χ1) is 10.6. The fraction of sp³-hybridized carbons (Fsp3) is 0.688. The lowest BCUT2D eigenvalue weighted by Gasteiger charge is -2.26. The van der Waals surface area contributed by atoms with Crippen LogP contribution in [0.1, 0.15) is 56.6 Å². The van der Waals surface area contributed by atoms with Crippen LogP contribution in [0.3, 0.4) is 0 Å². The second kappa shape index (κ2) is 6.50. The summed E-state index contributed by atoms with van der Waals surface area (Å²) in [4.78, 5) is 25.8. The number of carbonyl (C=O) groups is 2. The van der Waals surface area contributed by atoms with Crippen LogP contribution in [0.4, 0.5) is 5.82 Å². The maximum atomic E-state index is 12.3. The van der Waals surface area contributed by atoms with Gasteiger partial charge in [0, 0.05) is 18.5 Å². The van der Waals surface area contributed by atoms with Gasteiger partial charge in [0.2, 0.25) is 11.8 Å². The van der Waals surface area contributed by atoms with Gasteiger partial charge in [-0.2, -0.15) is 5.10 Å². The summed E-state index contributed by atoms with van der Waals surface area (Å²) < 4.78 is 1.96. The Bertz CT molecular complexity index is 560. The van der Waals surface area contributed by atoms with E-state index >= 15 is 0 Å². The van der Waals surface area contributed by atoms with Gasteiger partial charge in [-0.25, -0.2) is 4.68 Å². The lowest BCUT2D eigenvalue weighted by Crippen LogP contribution is -2.41. The van der Waals surface area contributed by atoms with E-state index < -0.39 is 0 Å². The van der Waals surface area contributed by atoms with Gasteiger partial charge >= 0.3 is 0 Å². The molecule has 0 bridgehead atoms. The van der Waals surface area contributed by atoms with Gasteiger partial charge in [-0.3, -0.25) is 9.59 Å². The fourth-order valence-electron chi connectivity index (χ4n) is 3.40. The number of piperidine rings is 1. The summed E-state index contributed by atoms with van der Waals surface area (Å²) in [5.41, 5.74) is 0.977. The molecule has 0 aromatic carbocycles. The van der Waals surface area contributed by atoms with Gasteiger partial charge in [-0.15, -0.1) is 0 Å². The minimum Gasteiger partial charge on any atom is -0.333 e. The molecule has 1 aliphatic carbocycles. The van der Waals surface area contributed by atoms with Crippen molar-refractivity contribution in [1.82, 2.24) is 14.7 Å². The molecule has 2 aliphatic rings. The highest BCUT2D eigenvalue weighted by Crippen LogP contribution is 2.32. The number of likely N-dealkylation sites (tertiary alicyclic amines) is 1. The smallest absolute Gasteiger partial charge is 0.245 e. The van der Waals surface area contributed by atoms with E-state index in [1.54, 1.807) is 11.1 Å². The standard InChI is InChI=1S/C16H24N4O2/c1-12-10-17-20(13-6-2-3-7-13)16(12)18-14(21)11-19-9-5-4-8-15(19)22/h10,13H,2-9,11H2,1H3,(H,18,21). The molecule has 3 rings (SSSR count). The third kappa shape index (κ3) is 3.15. The van der Waals surface area contributed by atoms with Crippen molar-refractivity contribution in [3.05, 3.63) is 11.8 Å². The Balaban J connectivity index is 1.66. The lowest BCUT2D eigenvalue weighted by atomic mass is 10.1. The van der Waals surface area contributed by atoms with Gasteiger partial charge in [0.25, 0.3) is 0 Å². The first-order valence-corrected chi connectivity index (χ1v) is 8.27. The molecule has 6 nitrogen and oxygen atoms in total. The van der Waals surface area contributed by atoms with E-state index in [2.05, 4.69) is 10.4 Å². The molecule has 120 valence electrons. The van der Waals surface area contributed by atoms with Gasteiger partial charge in [-0.05, 0) is 32.6 Å². The summed E-state index contributed by atoms with van der Waals surface area (Å²) in [6.45, 7) is 2.79. The third-order valence-electron chi connectivity index (χ3n) is 4.66. The van der Waals surface area contributed by atoms with Gasteiger partial charge in [0.15, 0.2) is 0 Å². The second-order valence-corrected chi connectivity index (χ2v) is 6.38. The average Bonchev–Trinajstić information content (AvgIpc) is 3.12. The van der Waals surface area contributed by atoms with Crippen molar-refractivity contribution in [2.45, 2.75) is 57.9 Å². The minimum atomic E-state index is -0.127. The molecule has 22 heavy (non-hydrogen) atoms. The van der Waals surface area contributed by atoms with E-state index in [1.165, 1.54) is 12.8 Å². The average molecular weight is 304 g/mol. The molecule has 1 aromatic heterocycles. The monoisotopic (exact) mass is 304 g/mol. The number of nitrogens with zero attached hydrogens (tertiary/aromatic N) is 3. The zero-order chi connectivity index (χ0) is 15.5. The first-order valence-electron chi connectivity index (χ1n) is 8.27. The minimum absolute atomic E-state index is 0.0856. The summed E-state index contributed by atoms with van der Waals surface area (Å²) in [5.74, 6) is 0.752. The number of aromatic nitrogens is 2. The van der Waals surface area contributed by atoms with Crippen LogP contribution in [-0.4, -0.2) is 39.6 Å². The van der Waals surface area contributed by atoms with E-state index in [0.717, 1.165) is 37.1 Å². The van der Waals surface area contributed by atoms with Crippen molar-refractivity contribution in [3.8, 4) is 0 Å². The molecule has 1 N–H and O–H groups in total. The summed E-state index contributed by atoms with van der Waals surface area (Å²) in [7, 11) is 0.